The SMILES string of the molecule is O=C(CCC(=O)c1ccccc1)NNC(=O)c1ccc(COc2ccccc2)o1. The van der Waals surface area contributed by atoms with Gasteiger partial charge in [0.2, 0.25) is 5.91 Å². The molecule has 0 fully saturated rings. The van der Waals surface area contributed by atoms with Gasteiger partial charge in [-0.2, -0.15) is 0 Å². The van der Waals surface area contributed by atoms with Crippen molar-refractivity contribution in [3.8, 4) is 5.75 Å². The highest BCUT2D eigenvalue weighted by molar-refractivity contribution is 5.98. The molecule has 0 atom stereocenters. The van der Waals surface area contributed by atoms with E-state index in [1.54, 1.807) is 30.3 Å². The average molecular weight is 392 g/mol. The minimum absolute atomic E-state index is 0.0392. The van der Waals surface area contributed by atoms with Crippen molar-refractivity contribution in [2.45, 2.75) is 19.4 Å². The fraction of sp³-hybridized carbons (Fsp3) is 0.136. The molecule has 2 N–H and O–H groups in total. The summed E-state index contributed by atoms with van der Waals surface area (Å²) in [6, 6.07) is 21.0. The molecule has 1 aromatic heterocycles. The molecule has 3 aromatic rings. The summed E-state index contributed by atoms with van der Waals surface area (Å²) in [4.78, 5) is 35.9. The summed E-state index contributed by atoms with van der Waals surface area (Å²) in [5, 5.41) is 0. The Kier molecular flexibility index (Phi) is 6.78. The Bertz CT molecular complexity index is 967. The third-order valence-corrected chi connectivity index (χ3v) is 4.00. The Hall–Kier alpha value is -3.87. The van der Waals surface area contributed by atoms with Gasteiger partial charge >= 0.3 is 5.91 Å². The van der Waals surface area contributed by atoms with Crippen LogP contribution >= 0.6 is 0 Å². The number of para-hydroxylation sites is 1. The third kappa shape index (κ3) is 6.07. The van der Waals surface area contributed by atoms with Crippen molar-refractivity contribution < 1.29 is 23.5 Å². The number of amides is 2. The maximum Gasteiger partial charge on any atom is 0.305 e. The van der Waals surface area contributed by atoms with Crippen molar-refractivity contribution in [3.05, 3.63) is 89.9 Å². The molecule has 2 aromatic carbocycles. The first-order valence-electron chi connectivity index (χ1n) is 9.06. The number of hydrogen-bond donors (Lipinski definition) is 2. The molecule has 0 saturated heterocycles. The zero-order valence-electron chi connectivity index (χ0n) is 15.6. The summed E-state index contributed by atoms with van der Waals surface area (Å²) in [6.07, 6.45) is 0.00969. The lowest BCUT2D eigenvalue weighted by Gasteiger charge is -2.06. The van der Waals surface area contributed by atoms with E-state index in [2.05, 4.69) is 10.9 Å². The van der Waals surface area contributed by atoms with E-state index in [-0.39, 0.29) is 31.0 Å². The van der Waals surface area contributed by atoms with Gasteiger partial charge in [-0.1, -0.05) is 48.5 Å². The van der Waals surface area contributed by atoms with Gasteiger partial charge in [0.25, 0.3) is 0 Å². The van der Waals surface area contributed by atoms with Crippen molar-refractivity contribution in [3.63, 3.8) is 0 Å². The van der Waals surface area contributed by atoms with Crippen molar-refractivity contribution in [2.24, 2.45) is 0 Å². The van der Waals surface area contributed by atoms with Gasteiger partial charge in [0.15, 0.2) is 11.5 Å². The largest absolute Gasteiger partial charge is 0.486 e. The van der Waals surface area contributed by atoms with Crippen LogP contribution in [0.3, 0.4) is 0 Å². The lowest BCUT2D eigenvalue weighted by Crippen LogP contribution is -2.41. The summed E-state index contributed by atoms with van der Waals surface area (Å²) in [5.74, 6) is -0.00925. The van der Waals surface area contributed by atoms with E-state index < -0.39 is 11.8 Å². The van der Waals surface area contributed by atoms with E-state index in [0.29, 0.717) is 17.1 Å². The quantitative estimate of drug-likeness (QED) is 0.453. The Morgan fingerprint density at radius 3 is 2.21 bits per heavy atom. The van der Waals surface area contributed by atoms with Crippen LogP contribution < -0.4 is 15.6 Å². The van der Waals surface area contributed by atoms with E-state index in [4.69, 9.17) is 9.15 Å². The number of furan rings is 1. The molecule has 0 radical (unpaired) electrons. The monoisotopic (exact) mass is 392 g/mol. The number of ether oxygens (including phenoxy) is 1. The van der Waals surface area contributed by atoms with Crippen molar-refractivity contribution in [2.75, 3.05) is 0 Å². The second kappa shape index (κ2) is 9.89. The van der Waals surface area contributed by atoms with Crippen LogP contribution in [0.25, 0.3) is 0 Å². The van der Waals surface area contributed by atoms with E-state index in [1.807, 2.05) is 36.4 Å². The minimum atomic E-state index is -0.598. The normalized spacial score (nSPS) is 10.2. The number of Topliss-reactive ketones (excluding diaryl/α,β-unsaturated/α-hetero) is 1. The number of hydrazine groups is 1. The molecule has 3 rings (SSSR count). The molecular weight excluding hydrogens is 372 g/mol. The predicted octanol–water partition coefficient (Wildman–Crippen LogP) is 3.28. The average Bonchev–Trinajstić information content (AvgIpc) is 3.25. The zero-order valence-corrected chi connectivity index (χ0v) is 15.6. The van der Waals surface area contributed by atoms with Crippen LogP contribution in [0.5, 0.6) is 5.75 Å². The summed E-state index contributed by atoms with van der Waals surface area (Å²) in [5.41, 5.74) is 5.08. The second-order valence-electron chi connectivity index (χ2n) is 6.16. The first-order chi connectivity index (χ1) is 14.1. The number of nitrogens with one attached hydrogen (secondary N) is 2. The predicted molar refractivity (Wildman–Crippen MR) is 105 cm³/mol. The van der Waals surface area contributed by atoms with Crippen LogP contribution in [-0.2, 0) is 11.4 Å². The van der Waals surface area contributed by atoms with Crippen molar-refractivity contribution in [1.82, 2.24) is 10.9 Å². The molecule has 7 nitrogen and oxygen atoms in total. The fourth-order valence-electron chi connectivity index (χ4n) is 2.49. The van der Waals surface area contributed by atoms with Crippen molar-refractivity contribution >= 4 is 17.6 Å². The number of carbonyl (C=O) groups is 3. The van der Waals surface area contributed by atoms with Gasteiger partial charge in [-0.25, -0.2) is 0 Å². The maximum absolute atomic E-state index is 12.1. The lowest BCUT2D eigenvalue weighted by atomic mass is 10.1. The smallest absolute Gasteiger partial charge is 0.305 e. The lowest BCUT2D eigenvalue weighted by molar-refractivity contribution is -0.121. The molecule has 7 heteroatoms. The van der Waals surface area contributed by atoms with Crippen LogP contribution in [0.4, 0.5) is 0 Å². The van der Waals surface area contributed by atoms with Crippen LogP contribution in [0.15, 0.2) is 77.2 Å². The summed E-state index contributed by atoms with van der Waals surface area (Å²) in [7, 11) is 0. The van der Waals surface area contributed by atoms with Crippen LogP contribution in [0.2, 0.25) is 0 Å². The molecule has 148 valence electrons. The first kappa shape index (κ1) is 19.9. The molecule has 0 aliphatic carbocycles. The molecule has 0 unspecified atom stereocenters. The molecule has 29 heavy (non-hydrogen) atoms. The molecule has 0 aliphatic heterocycles. The number of ketones is 1. The third-order valence-electron chi connectivity index (χ3n) is 4.00. The summed E-state index contributed by atoms with van der Waals surface area (Å²) in [6.45, 7) is 0.172. The number of carbonyl (C=O) groups excluding carboxylic acids is 3. The molecule has 0 spiro atoms. The first-order valence-corrected chi connectivity index (χ1v) is 9.06. The Labute approximate surface area is 167 Å². The van der Waals surface area contributed by atoms with Gasteiger partial charge in [-0.05, 0) is 24.3 Å². The number of rotatable bonds is 8. The number of benzene rings is 2. The molecule has 1 heterocycles. The maximum atomic E-state index is 12.1. The highest BCUT2D eigenvalue weighted by Gasteiger charge is 2.14. The Morgan fingerprint density at radius 2 is 1.48 bits per heavy atom. The zero-order chi connectivity index (χ0) is 20.5. The summed E-state index contributed by atoms with van der Waals surface area (Å²) < 4.78 is 11.0. The minimum Gasteiger partial charge on any atom is -0.486 e. The Morgan fingerprint density at radius 1 is 0.793 bits per heavy atom. The van der Waals surface area contributed by atoms with Gasteiger partial charge < -0.3 is 9.15 Å². The molecule has 0 bridgehead atoms. The highest BCUT2D eigenvalue weighted by atomic mass is 16.5. The van der Waals surface area contributed by atoms with Crippen LogP contribution in [0, 0.1) is 0 Å². The standard InChI is InChI=1S/C22H20N2O5/c25-19(16-7-3-1-4-8-16)12-14-21(26)23-24-22(27)20-13-11-18(29-20)15-28-17-9-5-2-6-10-17/h1-11,13H,12,14-15H2,(H,23,26)(H,24,27). The van der Waals surface area contributed by atoms with Gasteiger partial charge in [0.1, 0.15) is 18.1 Å². The molecule has 0 saturated carbocycles. The van der Waals surface area contributed by atoms with Crippen LogP contribution in [0.1, 0.15) is 39.5 Å². The van der Waals surface area contributed by atoms with Gasteiger partial charge in [-0.15, -0.1) is 0 Å². The summed E-state index contributed by atoms with van der Waals surface area (Å²) >= 11 is 0. The van der Waals surface area contributed by atoms with Gasteiger partial charge in [-0.3, -0.25) is 25.2 Å². The van der Waals surface area contributed by atoms with E-state index in [0.717, 1.165) is 0 Å². The van der Waals surface area contributed by atoms with Crippen molar-refractivity contribution in [1.29, 1.82) is 0 Å². The van der Waals surface area contributed by atoms with E-state index in [1.165, 1.54) is 6.07 Å². The molecule has 0 aliphatic rings. The van der Waals surface area contributed by atoms with Crippen LogP contribution in [-0.4, -0.2) is 17.6 Å². The van der Waals surface area contributed by atoms with Gasteiger partial charge in [0.05, 0.1) is 0 Å². The van der Waals surface area contributed by atoms with Gasteiger partial charge in [0, 0.05) is 18.4 Å². The molecular formula is C22H20N2O5. The van der Waals surface area contributed by atoms with E-state index in [9.17, 15) is 14.4 Å². The Balaban J connectivity index is 1.40. The highest BCUT2D eigenvalue weighted by Crippen LogP contribution is 2.14. The second-order valence-corrected chi connectivity index (χ2v) is 6.16. The fourth-order valence-corrected chi connectivity index (χ4v) is 2.49. The topological polar surface area (TPSA) is 97.6 Å². The van der Waals surface area contributed by atoms with E-state index >= 15 is 0 Å². The number of hydrogen-bond acceptors (Lipinski definition) is 5. The molecule has 2 amide bonds.